The van der Waals surface area contributed by atoms with Crippen molar-refractivity contribution < 1.29 is 9.53 Å². The average Bonchev–Trinajstić information content (AvgIpc) is 2.96. The molecule has 0 saturated carbocycles. The minimum atomic E-state index is -0.0774. The largest absolute Gasteiger partial charge is 0.383 e. The van der Waals surface area contributed by atoms with Crippen LogP contribution in [0.2, 0.25) is 0 Å². The first-order valence-electron chi connectivity index (χ1n) is 8.00. The van der Waals surface area contributed by atoms with Gasteiger partial charge in [-0.15, -0.1) is 0 Å². The average molecular weight is 331 g/mol. The van der Waals surface area contributed by atoms with Crippen LogP contribution in [0.5, 0.6) is 0 Å². The standard InChI is InChI=1S/C17H25N5O2/c1-11(2)15-14(16(23)21(5)7-8-24-6)10-22(20-15)17-18-12(3)9-13(4)19-17/h9-11H,7-8H2,1-6H3. The van der Waals surface area contributed by atoms with E-state index in [-0.39, 0.29) is 11.8 Å². The zero-order valence-electron chi connectivity index (χ0n) is 15.2. The summed E-state index contributed by atoms with van der Waals surface area (Å²) in [6.45, 7) is 8.87. The van der Waals surface area contributed by atoms with Crippen LogP contribution in [0.4, 0.5) is 0 Å². The van der Waals surface area contributed by atoms with Gasteiger partial charge in [0.2, 0.25) is 0 Å². The van der Waals surface area contributed by atoms with E-state index >= 15 is 0 Å². The van der Waals surface area contributed by atoms with Crippen LogP contribution in [0.1, 0.15) is 47.2 Å². The van der Waals surface area contributed by atoms with E-state index in [1.165, 1.54) is 0 Å². The predicted octanol–water partition coefficient (Wildman–Crippen LogP) is 2.12. The summed E-state index contributed by atoms with van der Waals surface area (Å²) in [5.74, 6) is 0.520. The van der Waals surface area contributed by atoms with E-state index in [0.717, 1.165) is 17.1 Å². The van der Waals surface area contributed by atoms with Crippen molar-refractivity contribution in [3.05, 3.63) is 34.9 Å². The lowest BCUT2D eigenvalue weighted by atomic mass is 10.1. The first-order chi connectivity index (χ1) is 11.3. The van der Waals surface area contributed by atoms with Crippen LogP contribution < -0.4 is 0 Å². The van der Waals surface area contributed by atoms with Crippen molar-refractivity contribution in [1.29, 1.82) is 0 Å². The molecule has 2 aromatic rings. The Labute approximate surface area is 142 Å². The third-order valence-corrected chi connectivity index (χ3v) is 3.67. The van der Waals surface area contributed by atoms with Crippen molar-refractivity contribution in [2.75, 3.05) is 27.3 Å². The molecule has 2 aromatic heterocycles. The zero-order chi connectivity index (χ0) is 17.9. The van der Waals surface area contributed by atoms with E-state index < -0.39 is 0 Å². The van der Waals surface area contributed by atoms with Gasteiger partial charge in [-0.25, -0.2) is 14.6 Å². The lowest BCUT2D eigenvalue weighted by Crippen LogP contribution is -2.30. The van der Waals surface area contributed by atoms with Gasteiger partial charge in [-0.05, 0) is 25.8 Å². The second kappa shape index (κ2) is 7.53. The van der Waals surface area contributed by atoms with Crippen LogP contribution in [0.3, 0.4) is 0 Å². The smallest absolute Gasteiger partial charge is 0.257 e. The number of amides is 1. The molecule has 0 fully saturated rings. The molecule has 2 rings (SSSR count). The summed E-state index contributed by atoms with van der Waals surface area (Å²) in [6, 6.07) is 1.90. The van der Waals surface area contributed by atoms with Crippen LogP contribution in [-0.2, 0) is 4.74 Å². The Morgan fingerprint density at radius 2 is 1.92 bits per heavy atom. The van der Waals surface area contributed by atoms with Gasteiger partial charge in [-0.2, -0.15) is 5.10 Å². The van der Waals surface area contributed by atoms with E-state index in [0.29, 0.717) is 24.7 Å². The third-order valence-electron chi connectivity index (χ3n) is 3.67. The molecule has 0 aliphatic rings. The number of aromatic nitrogens is 4. The summed E-state index contributed by atoms with van der Waals surface area (Å²) in [5, 5.41) is 4.56. The van der Waals surface area contributed by atoms with Crippen LogP contribution in [0.15, 0.2) is 12.3 Å². The van der Waals surface area contributed by atoms with Gasteiger partial charge in [-0.1, -0.05) is 13.8 Å². The molecule has 0 saturated heterocycles. The highest BCUT2D eigenvalue weighted by Gasteiger charge is 2.22. The first-order valence-corrected chi connectivity index (χ1v) is 8.00. The Bertz CT molecular complexity index is 704. The van der Waals surface area contributed by atoms with Gasteiger partial charge in [0.05, 0.1) is 17.9 Å². The molecule has 0 unspecified atom stereocenters. The Hall–Kier alpha value is -2.28. The zero-order valence-corrected chi connectivity index (χ0v) is 15.2. The van der Waals surface area contributed by atoms with E-state index in [2.05, 4.69) is 15.1 Å². The molecular formula is C17H25N5O2. The quantitative estimate of drug-likeness (QED) is 0.810. The van der Waals surface area contributed by atoms with Crippen molar-refractivity contribution in [2.45, 2.75) is 33.6 Å². The van der Waals surface area contributed by atoms with Gasteiger partial charge >= 0.3 is 0 Å². The van der Waals surface area contributed by atoms with Gasteiger partial charge in [-0.3, -0.25) is 4.79 Å². The molecule has 7 nitrogen and oxygen atoms in total. The van der Waals surface area contributed by atoms with Crippen LogP contribution >= 0.6 is 0 Å². The Morgan fingerprint density at radius 3 is 2.46 bits per heavy atom. The maximum Gasteiger partial charge on any atom is 0.257 e. The fourth-order valence-corrected chi connectivity index (χ4v) is 2.43. The second-order valence-corrected chi connectivity index (χ2v) is 6.20. The van der Waals surface area contributed by atoms with Crippen LogP contribution in [0, 0.1) is 13.8 Å². The van der Waals surface area contributed by atoms with Crippen LogP contribution in [0.25, 0.3) is 5.95 Å². The molecule has 0 aliphatic heterocycles. The highest BCUT2D eigenvalue weighted by Crippen LogP contribution is 2.20. The molecule has 0 N–H and O–H groups in total. The number of rotatable bonds is 6. The number of nitrogens with zero attached hydrogens (tertiary/aromatic N) is 5. The summed E-state index contributed by atoms with van der Waals surface area (Å²) >= 11 is 0. The Kier molecular flexibility index (Phi) is 5.66. The third kappa shape index (κ3) is 3.97. The number of hydrogen-bond donors (Lipinski definition) is 0. The summed E-state index contributed by atoms with van der Waals surface area (Å²) in [5.41, 5.74) is 3.05. The predicted molar refractivity (Wildman–Crippen MR) is 91.6 cm³/mol. The number of carbonyl (C=O) groups is 1. The summed E-state index contributed by atoms with van der Waals surface area (Å²) < 4.78 is 6.63. The molecule has 0 aliphatic carbocycles. The highest BCUT2D eigenvalue weighted by atomic mass is 16.5. The molecule has 130 valence electrons. The molecule has 24 heavy (non-hydrogen) atoms. The fourth-order valence-electron chi connectivity index (χ4n) is 2.43. The number of likely N-dealkylation sites (N-methyl/N-ethyl adjacent to an activating group) is 1. The fraction of sp³-hybridized carbons (Fsp3) is 0.529. The Morgan fingerprint density at radius 1 is 1.29 bits per heavy atom. The SMILES string of the molecule is COCCN(C)C(=O)c1cn(-c2nc(C)cc(C)n2)nc1C(C)C. The lowest BCUT2D eigenvalue weighted by molar-refractivity contribution is 0.0743. The second-order valence-electron chi connectivity index (χ2n) is 6.20. The number of methoxy groups -OCH3 is 1. The normalized spacial score (nSPS) is 11.1. The molecule has 0 radical (unpaired) electrons. The maximum absolute atomic E-state index is 12.7. The van der Waals surface area contributed by atoms with Crippen molar-refractivity contribution in [3.63, 3.8) is 0 Å². The molecule has 0 aromatic carbocycles. The molecule has 2 heterocycles. The minimum Gasteiger partial charge on any atom is -0.383 e. The van der Waals surface area contributed by atoms with Crippen molar-refractivity contribution in [3.8, 4) is 5.95 Å². The molecular weight excluding hydrogens is 306 g/mol. The van der Waals surface area contributed by atoms with Gasteiger partial charge in [0, 0.05) is 38.3 Å². The highest BCUT2D eigenvalue weighted by molar-refractivity contribution is 5.95. The first kappa shape index (κ1) is 18.1. The lowest BCUT2D eigenvalue weighted by Gasteiger charge is -2.16. The molecule has 1 amide bonds. The molecule has 0 spiro atoms. The topological polar surface area (TPSA) is 73.1 Å². The number of hydrogen-bond acceptors (Lipinski definition) is 5. The Balaban J connectivity index is 2.42. The molecule has 0 atom stereocenters. The van der Waals surface area contributed by atoms with Crippen LogP contribution in [-0.4, -0.2) is 57.9 Å². The van der Waals surface area contributed by atoms with E-state index in [9.17, 15) is 4.79 Å². The molecule has 7 heteroatoms. The minimum absolute atomic E-state index is 0.0774. The van der Waals surface area contributed by atoms with Gasteiger partial charge < -0.3 is 9.64 Å². The van der Waals surface area contributed by atoms with Crippen molar-refractivity contribution in [2.24, 2.45) is 0 Å². The monoisotopic (exact) mass is 331 g/mol. The number of aryl methyl sites for hydroxylation is 2. The molecule has 0 bridgehead atoms. The van der Waals surface area contributed by atoms with Gasteiger partial charge in [0.25, 0.3) is 11.9 Å². The van der Waals surface area contributed by atoms with Crippen molar-refractivity contribution in [1.82, 2.24) is 24.6 Å². The number of ether oxygens (including phenoxy) is 1. The van der Waals surface area contributed by atoms with E-state index in [1.54, 1.807) is 29.9 Å². The van der Waals surface area contributed by atoms with Gasteiger partial charge in [0.15, 0.2) is 0 Å². The van der Waals surface area contributed by atoms with Gasteiger partial charge in [0.1, 0.15) is 0 Å². The summed E-state index contributed by atoms with van der Waals surface area (Å²) in [7, 11) is 3.38. The summed E-state index contributed by atoms with van der Waals surface area (Å²) in [4.78, 5) is 23.2. The van der Waals surface area contributed by atoms with E-state index in [4.69, 9.17) is 4.74 Å². The summed E-state index contributed by atoms with van der Waals surface area (Å²) in [6.07, 6.45) is 1.72. The number of carbonyl (C=O) groups excluding carboxylic acids is 1. The van der Waals surface area contributed by atoms with Crippen molar-refractivity contribution >= 4 is 5.91 Å². The maximum atomic E-state index is 12.7. The van der Waals surface area contributed by atoms with E-state index in [1.807, 2.05) is 33.8 Å².